The number of nitrogens with two attached hydrogens (primary N) is 1. The highest BCUT2D eigenvalue weighted by molar-refractivity contribution is 5.85. The van der Waals surface area contributed by atoms with Crippen LogP contribution in [-0.2, 0) is 9.53 Å². The Kier molecular flexibility index (Phi) is 6.73. The number of carbonyl (C=O) groups is 1. The maximum Gasteiger partial charge on any atom is 0.223 e. The number of ether oxygens (including phenoxy) is 2. The van der Waals surface area contributed by atoms with Gasteiger partial charge in [0.1, 0.15) is 11.6 Å². The lowest BCUT2D eigenvalue weighted by Gasteiger charge is -2.10. The van der Waals surface area contributed by atoms with Crippen molar-refractivity contribution in [1.82, 2.24) is 15.0 Å². The quantitative estimate of drug-likeness (QED) is 0.521. The molecular formula is C21H26N4O3. The van der Waals surface area contributed by atoms with Crippen LogP contribution in [0.1, 0.15) is 38.1 Å². The second-order valence-electron chi connectivity index (χ2n) is 6.60. The third-order valence-corrected chi connectivity index (χ3v) is 4.56. The molecule has 3 rings (SSSR count). The van der Waals surface area contributed by atoms with E-state index in [1.54, 1.807) is 13.3 Å². The molecule has 0 amide bonds. The molecule has 0 radical (unpaired) electrons. The Bertz CT molecular complexity index is 938. The summed E-state index contributed by atoms with van der Waals surface area (Å²) in [6.07, 6.45) is 3.55. The molecule has 0 spiro atoms. The monoisotopic (exact) mass is 382 g/mol. The first-order valence-electron chi connectivity index (χ1n) is 9.46. The van der Waals surface area contributed by atoms with E-state index in [2.05, 4.69) is 15.0 Å². The van der Waals surface area contributed by atoms with E-state index in [-0.39, 0.29) is 11.8 Å². The highest BCUT2D eigenvalue weighted by Gasteiger charge is 2.15. The lowest BCUT2D eigenvalue weighted by atomic mass is 10.1. The van der Waals surface area contributed by atoms with Crippen molar-refractivity contribution in [1.29, 1.82) is 0 Å². The first kappa shape index (κ1) is 20.0. The molecule has 0 aliphatic rings. The minimum Gasteiger partial charge on any atom is -0.480 e. The van der Waals surface area contributed by atoms with Gasteiger partial charge in [0.25, 0.3) is 0 Å². The number of para-hydroxylation sites is 1. The van der Waals surface area contributed by atoms with Crippen LogP contribution in [-0.4, -0.2) is 41.1 Å². The summed E-state index contributed by atoms with van der Waals surface area (Å²) in [5.74, 6) is 1.41. The number of nitrogens with zero attached hydrogens (tertiary/aromatic N) is 2. The maximum absolute atomic E-state index is 11.3. The predicted octanol–water partition coefficient (Wildman–Crippen LogP) is 3.41. The van der Waals surface area contributed by atoms with E-state index in [4.69, 9.17) is 15.2 Å². The first-order valence-corrected chi connectivity index (χ1v) is 9.46. The summed E-state index contributed by atoms with van der Waals surface area (Å²) in [7, 11) is 1.60. The topological polar surface area (TPSA) is 103 Å². The van der Waals surface area contributed by atoms with E-state index < -0.39 is 0 Å². The molecule has 7 nitrogen and oxygen atoms in total. The summed E-state index contributed by atoms with van der Waals surface area (Å²) in [5, 5.41) is 1.02. The summed E-state index contributed by atoms with van der Waals surface area (Å²) in [5.41, 5.74) is 8.66. The number of methoxy groups -OCH3 is 1. The van der Waals surface area contributed by atoms with Gasteiger partial charge in [0.2, 0.25) is 5.88 Å². The zero-order valence-corrected chi connectivity index (χ0v) is 16.3. The number of pyridine rings is 1. The number of rotatable bonds is 10. The van der Waals surface area contributed by atoms with Gasteiger partial charge >= 0.3 is 0 Å². The summed E-state index contributed by atoms with van der Waals surface area (Å²) in [6, 6.07) is 9.51. The van der Waals surface area contributed by atoms with Crippen molar-refractivity contribution in [2.45, 2.75) is 32.2 Å². The molecule has 148 valence electrons. The van der Waals surface area contributed by atoms with Crippen LogP contribution < -0.4 is 10.5 Å². The van der Waals surface area contributed by atoms with Gasteiger partial charge in [0.05, 0.1) is 42.7 Å². The molecule has 7 heteroatoms. The third kappa shape index (κ3) is 4.74. The Morgan fingerprint density at radius 1 is 1.32 bits per heavy atom. The minimum absolute atomic E-state index is 0.251. The van der Waals surface area contributed by atoms with Crippen molar-refractivity contribution in [2.24, 2.45) is 5.73 Å². The Balaban J connectivity index is 1.66. The van der Waals surface area contributed by atoms with Gasteiger partial charge in [-0.1, -0.05) is 25.1 Å². The number of H-pyrrole nitrogens is 1. The number of hydrogen-bond acceptors (Lipinski definition) is 6. The maximum atomic E-state index is 11.3. The van der Waals surface area contributed by atoms with Gasteiger partial charge in [0.15, 0.2) is 0 Å². The molecule has 0 saturated heterocycles. The number of imidazole rings is 1. The smallest absolute Gasteiger partial charge is 0.223 e. The Hall–Kier alpha value is -2.77. The van der Waals surface area contributed by atoms with Gasteiger partial charge in [-0.05, 0) is 18.6 Å². The van der Waals surface area contributed by atoms with Crippen LogP contribution in [0.2, 0.25) is 0 Å². The largest absolute Gasteiger partial charge is 0.480 e. The molecule has 3 aromatic rings. The number of nitrogens with one attached hydrogen (secondary N) is 1. The summed E-state index contributed by atoms with van der Waals surface area (Å²) < 4.78 is 11.0. The lowest BCUT2D eigenvalue weighted by molar-refractivity contribution is -0.119. The number of carbonyl (C=O) groups excluding carboxylic acids is 1. The standard InChI is InChI=1S/C21H26N4O3/c1-3-15(26)8-6-10-28-13-17(22)20-23-12-19(24-20)16-11-14-7-4-5-9-18(14)25-21(16)27-2/h4-5,7,9,11-12,17H,3,6,8,10,13,22H2,1-2H3,(H,23,24)/t17-/m0/s1. The van der Waals surface area contributed by atoms with Gasteiger partial charge in [0, 0.05) is 24.8 Å². The lowest BCUT2D eigenvalue weighted by Crippen LogP contribution is -2.19. The van der Waals surface area contributed by atoms with Crippen molar-refractivity contribution >= 4 is 16.7 Å². The molecule has 0 aliphatic heterocycles. The van der Waals surface area contributed by atoms with Crippen molar-refractivity contribution in [3.8, 4) is 17.1 Å². The van der Waals surface area contributed by atoms with Gasteiger partial charge in [-0.15, -0.1) is 0 Å². The summed E-state index contributed by atoms with van der Waals surface area (Å²) >= 11 is 0. The van der Waals surface area contributed by atoms with Crippen LogP contribution in [0.15, 0.2) is 36.5 Å². The number of benzene rings is 1. The molecule has 2 heterocycles. The normalized spacial score (nSPS) is 12.2. The number of fused-ring (bicyclic) bond motifs is 1. The van der Waals surface area contributed by atoms with Gasteiger partial charge < -0.3 is 20.2 Å². The fourth-order valence-corrected chi connectivity index (χ4v) is 2.95. The molecule has 0 unspecified atom stereocenters. The van der Waals surface area contributed by atoms with Crippen molar-refractivity contribution in [3.05, 3.63) is 42.4 Å². The Labute approximate surface area is 164 Å². The van der Waals surface area contributed by atoms with Gasteiger partial charge in [-0.25, -0.2) is 9.97 Å². The van der Waals surface area contributed by atoms with Crippen molar-refractivity contribution < 1.29 is 14.3 Å². The average Bonchev–Trinajstić information content (AvgIpc) is 3.22. The fourth-order valence-electron chi connectivity index (χ4n) is 2.95. The molecule has 1 aromatic carbocycles. The number of Topliss-reactive ketones (excluding diaryl/α,β-unsaturated/α-hetero) is 1. The molecule has 3 N–H and O–H groups in total. The molecule has 1 atom stereocenters. The SMILES string of the molecule is CCC(=O)CCCOC[C@H](N)c1ncc(-c2cc3ccccc3nc2OC)[nH]1. The van der Waals surface area contributed by atoms with E-state index in [9.17, 15) is 4.79 Å². The van der Waals surface area contributed by atoms with E-state index >= 15 is 0 Å². The first-order chi connectivity index (χ1) is 13.6. The van der Waals surface area contributed by atoms with Crippen LogP contribution in [0.4, 0.5) is 0 Å². The summed E-state index contributed by atoms with van der Waals surface area (Å²) in [6.45, 7) is 2.71. The average molecular weight is 382 g/mol. The second kappa shape index (κ2) is 9.43. The number of aromatic nitrogens is 3. The van der Waals surface area contributed by atoms with Gasteiger partial charge in [-0.2, -0.15) is 0 Å². The molecule has 0 fully saturated rings. The van der Waals surface area contributed by atoms with Gasteiger partial charge in [-0.3, -0.25) is 4.79 Å². The highest BCUT2D eigenvalue weighted by atomic mass is 16.5. The number of ketones is 1. The molecule has 0 bridgehead atoms. The van der Waals surface area contributed by atoms with Crippen LogP contribution in [0, 0.1) is 0 Å². The third-order valence-electron chi connectivity index (χ3n) is 4.56. The fraction of sp³-hybridized carbons (Fsp3) is 0.381. The summed E-state index contributed by atoms with van der Waals surface area (Å²) in [4.78, 5) is 23.5. The molecule has 0 aliphatic carbocycles. The Morgan fingerprint density at radius 3 is 2.93 bits per heavy atom. The predicted molar refractivity (Wildman–Crippen MR) is 108 cm³/mol. The molecular weight excluding hydrogens is 356 g/mol. The molecule has 2 aromatic heterocycles. The minimum atomic E-state index is -0.380. The van der Waals surface area contributed by atoms with E-state index in [0.717, 1.165) is 22.2 Å². The van der Waals surface area contributed by atoms with E-state index in [1.807, 2.05) is 37.3 Å². The van der Waals surface area contributed by atoms with Crippen LogP contribution in [0.3, 0.4) is 0 Å². The molecule has 28 heavy (non-hydrogen) atoms. The highest BCUT2D eigenvalue weighted by Crippen LogP contribution is 2.30. The van der Waals surface area contributed by atoms with Crippen molar-refractivity contribution in [2.75, 3.05) is 20.3 Å². The Morgan fingerprint density at radius 2 is 2.14 bits per heavy atom. The van der Waals surface area contributed by atoms with Crippen molar-refractivity contribution in [3.63, 3.8) is 0 Å². The zero-order valence-electron chi connectivity index (χ0n) is 16.3. The van der Waals surface area contributed by atoms with E-state index in [1.165, 1.54) is 0 Å². The van der Waals surface area contributed by atoms with Crippen LogP contribution >= 0.6 is 0 Å². The zero-order chi connectivity index (χ0) is 19.9. The number of aromatic amines is 1. The van der Waals surface area contributed by atoms with E-state index in [0.29, 0.717) is 44.2 Å². The molecule has 0 saturated carbocycles. The van der Waals surface area contributed by atoms with Crippen LogP contribution in [0.25, 0.3) is 22.2 Å². The number of hydrogen-bond donors (Lipinski definition) is 2. The second-order valence-corrected chi connectivity index (χ2v) is 6.60. The van der Waals surface area contributed by atoms with Crippen LogP contribution in [0.5, 0.6) is 5.88 Å².